The van der Waals surface area contributed by atoms with Crippen LogP contribution in [0.2, 0.25) is 0 Å². The minimum Gasteiger partial charge on any atom is -0.463 e. The molecule has 3 aliphatic rings. The largest absolute Gasteiger partial charge is 0.472 e. The lowest BCUT2D eigenvalue weighted by Gasteiger charge is -2.49. The Bertz CT molecular complexity index is 2080. The van der Waals surface area contributed by atoms with Crippen molar-refractivity contribution < 1.29 is 117 Å². The zero-order chi connectivity index (χ0) is 73.3. The van der Waals surface area contributed by atoms with Gasteiger partial charge in [-0.2, -0.15) is 0 Å². The van der Waals surface area contributed by atoms with Crippen LogP contribution in [0.25, 0.3) is 0 Å². The topological polar surface area (TPSA) is 374 Å². The monoisotopic (exact) mass is 1460 g/mol. The molecule has 3 fully saturated rings. The number of esters is 3. The van der Waals surface area contributed by atoms with Gasteiger partial charge in [0, 0.05) is 19.3 Å². The smallest absolute Gasteiger partial charge is 0.463 e. The van der Waals surface area contributed by atoms with Crippen LogP contribution in [0.4, 0.5) is 0 Å². The molecule has 3 rings (SSSR count). The van der Waals surface area contributed by atoms with Gasteiger partial charge in [-0.15, -0.1) is 0 Å². The summed E-state index contributed by atoms with van der Waals surface area (Å²) in [5.74, 6) is -1.29. The first-order valence-corrected chi connectivity index (χ1v) is 41.2. The van der Waals surface area contributed by atoms with Crippen LogP contribution in [0.5, 0.6) is 0 Å². The average Bonchev–Trinajstić information content (AvgIpc) is 0.767. The van der Waals surface area contributed by atoms with E-state index in [1.807, 2.05) is 0 Å². The van der Waals surface area contributed by atoms with E-state index in [9.17, 15) is 74.9 Å². The fourth-order valence-corrected chi connectivity index (χ4v) is 14.4. The molecule has 0 bridgehead atoms. The summed E-state index contributed by atoms with van der Waals surface area (Å²) < 4.78 is 65.2. The maximum Gasteiger partial charge on any atom is 0.472 e. The van der Waals surface area contributed by atoms with Crippen molar-refractivity contribution >= 4 is 25.7 Å². The van der Waals surface area contributed by atoms with Crippen molar-refractivity contribution in [3.8, 4) is 0 Å². The van der Waals surface area contributed by atoms with Gasteiger partial charge >= 0.3 is 25.7 Å². The molecule has 0 aromatic rings. The highest BCUT2D eigenvalue weighted by molar-refractivity contribution is 7.47. The zero-order valence-corrected chi connectivity index (χ0v) is 62.8. The second-order valence-corrected chi connectivity index (χ2v) is 30.5. The van der Waals surface area contributed by atoms with Crippen LogP contribution in [-0.2, 0) is 61.2 Å². The molecule has 0 aromatic heterocycles. The van der Waals surface area contributed by atoms with Gasteiger partial charge in [-0.05, 0) is 25.2 Å². The number of carbonyl (C=O) groups is 3. The maximum atomic E-state index is 14.4. The van der Waals surface area contributed by atoms with E-state index >= 15 is 0 Å². The van der Waals surface area contributed by atoms with Crippen molar-refractivity contribution in [2.24, 2.45) is 5.92 Å². The SMILES string of the molecule is CCCCCCCCCCCCCCCCCCCC(=O)OCC1OC(OC2C(O)C(O)C(O)C(OC3OC(CO)C(O)C(O)C3O)C2OP(=O)(O)OCC(COC(=O)CCCCCCCCCCCCCC)OC(=O)CCCCCCCCC(C)CCCCCCCC)C(O)C(O)C1O. The highest BCUT2D eigenvalue weighted by atomic mass is 31.2. The van der Waals surface area contributed by atoms with Gasteiger partial charge in [0.2, 0.25) is 0 Å². The summed E-state index contributed by atoms with van der Waals surface area (Å²) in [5, 5.41) is 110. The normalized spacial score (nSPS) is 27.6. The Morgan fingerprint density at radius 3 is 1.08 bits per heavy atom. The van der Waals surface area contributed by atoms with E-state index in [0.717, 1.165) is 96.3 Å². The van der Waals surface area contributed by atoms with Gasteiger partial charge in [0.15, 0.2) is 18.7 Å². The van der Waals surface area contributed by atoms with Gasteiger partial charge in [-0.25, -0.2) is 4.57 Å². The van der Waals surface area contributed by atoms with Crippen LogP contribution >= 0.6 is 7.82 Å². The van der Waals surface area contributed by atoms with Gasteiger partial charge < -0.3 is 89.1 Å². The van der Waals surface area contributed by atoms with E-state index in [1.165, 1.54) is 161 Å². The third-order valence-electron chi connectivity index (χ3n) is 20.0. The Balaban J connectivity index is 1.71. The number of phosphoric acid groups is 1. The maximum absolute atomic E-state index is 14.4. The second-order valence-electron chi connectivity index (χ2n) is 29.1. The van der Waals surface area contributed by atoms with Gasteiger partial charge in [-0.1, -0.05) is 285 Å². The predicted octanol–water partition coefficient (Wildman–Crippen LogP) is 11.6. The molecular weight excluding hydrogens is 1320 g/mol. The summed E-state index contributed by atoms with van der Waals surface area (Å²) in [6, 6.07) is 0. The summed E-state index contributed by atoms with van der Waals surface area (Å²) in [4.78, 5) is 51.1. The molecule has 1 aliphatic carbocycles. The molecule has 11 N–H and O–H groups in total. The molecule has 2 heterocycles. The fourth-order valence-electron chi connectivity index (χ4n) is 13.5. The molecule has 2 aliphatic heterocycles. The number of aliphatic hydroxyl groups is 10. The van der Waals surface area contributed by atoms with Crippen LogP contribution in [0.15, 0.2) is 0 Å². The standard InChI is InChI=1S/C75H141O24P/c1-5-8-11-14-17-19-21-23-24-25-26-27-29-31-33-39-44-49-60(78)92-54-58-63(81)65(83)70(88)75(96-58)98-72-68(86)66(84)67(85)71(97-74-69(87)64(82)62(80)57(51-76)95-74)73(72)99-100(89,90)93-53-56(52-91-59(77)48-43-38-32-30-28-22-20-18-15-12-9-6-2)94-61(79)50-45-40-35-34-37-42-47-55(4)46-41-36-16-13-10-7-3/h55-58,62-76,80-88H,5-54H2,1-4H3,(H,89,90). The number of carbonyl (C=O) groups excluding carboxylic acids is 3. The zero-order valence-electron chi connectivity index (χ0n) is 61.9. The molecule has 19 atom stereocenters. The highest BCUT2D eigenvalue weighted by Gasteiger charge is 2.58. The summed E-state index contributed by atoms with van der Waals surface area (Å²) in [7, 11) is -5.69. The second kappa shape index (κ2) is 56.3. The van der Waals surface area contributed by atoms with Gasteiger partial charge in [0.05, 0.1) is 13.2 Å². The number of phosphoric ester groups is 1. The summed E-state index contributed by atoms with van der Waals surface area (Å²) >= 11 is 0. The fraction of sp³-hybridized carbons (Fsp3) is 0.960. The highest BCUT2D eigenvalue weighted by Crippen LogP contribution is 2.49. The molecule has 1 saturated carbocycles. The van der Waals surface area contributed by atoms with Crippen molar-refractivity contribution in [2.75, 3.05) is 26.4 Å². The van der Waals surface area contributed by atoms with Crippen molar-refractivity contribution in [2.45, 2.75) is 427 Å². The van der Waals surface area contributed by atoms with Crippen molar-refractivity contribution in [1.82, 2.24) is 0 Å². The van der Waals surface area contributed by atoms with E-state index in [2.05, 4.69) is 27.7 Å². The van der Waals surface area contributed by atoms with Crippen LogP contribution in [0.1, 0.15) is 323 Å². The molecule has 0 aromatic carbocycles. The molecule has 24 nitrogen and oxygen atoms in total. The minimum atomic E-state index is -5.69. The summed E-state index contributed by atoms with van der Waals surface area (Å²) in [5.41, 5.74) is 0. The lowest BCUT2D eigenvalue weighted by atomic mass is 9.84. The quantitative estimate of drug-likeness (QED) is 0.0117. The van der Waals surface area contributed by atoms with Crippen LogP contribution < -0.4 is 0 Å². The average molecular weight is 1460 g/mol. The van der Waals surface area contributed by atoms with Crippen LogP contribution in [0.3, 0.4) is 0 Å². The molecule has 0 amide bonds. The van der Waals surface area contributed by atoms with Crippen molar-refractivity contribution in [3.63, 3.8) is 0 Å². The first-order chi connectivity index (χ1) is 48.2. The molecule has 590 valence electrons. The predicted molar refractivity (Wildman–Crippen MR) is 379 cm³/mol. The molecule has 0 radical (unpaired) electrons. The van der Waals surface area contributed by atoms with E-state index < -0.39 is 156 Å². The van der Waals surface area contributed by atoms with Crippen LogP contribution in [0, 0.1) is 5.92 Å². The first kappa shape index (κ1) is 92.2. The lowest BCUT2D eigenvalue weighted by molar-refractivity contribution is -0.360. The van der Waals surface area contributed by atoms with Gasteiger partial charge in [0.1, 0.15) is 98.7 Å². The Hall–Kier alpha value is -2.04. The first-order valence-electron chi connectivity index (χ1n) is 39.7. The van der Waals surface area contributed by atoms with Crippen molar-refractivity contribution in [3.05, 3.63) is 0 Å². The summed E-state index contributed by atoms with van der Waals surface area (Å²) in [6.45, 7) is 5.80. The Morgan fingerprint density at radius 2 is 0.700 bits per heavy atom. The molecule has 2 saturated heterocycles. The number of unbranched alkanes of at least 4 members (excludes halogenated alkanes) is 37. The number of rotatable bonds is 62. The third-order valence-corrected chi connectivity index (χ3v) is 21.0. The van der Waals surface area contributed by atoms with Crippen molar-refractivity contribution in [1.29, 1.82) is 0 Å². The summed E-state index contributed by atoms with van der Waals surface area (Å²) in [6.07, 6.45) is 13.0. The van der Waals surface area contributed by atoms with Gasteiger partial charge in [-0.3, -0.25) is 23.4 Å². The molecule has 100 heavy (non-hydrogen) atoms. The Kier molecular flexibility index (Phi) is 51.9. The van der Waals surface area contributed by atoms with E-state index in [1.54, 1.807) is 0 Å². The van der Waals surface area contributed by atoms with E-state index in [4.69, 9.17) is 42.2 Å². The minimum absolute atomic E-state index is 0.0338. The number of ether oxygens (including phenoxy) is 7. The third kappa shape index (κ3) is 39.0. The van der Waals surface area contributed by atoms with E-state index in [-0.39, 0.29) is 19.3 Å². The lowest BCUT2D eigenvalue weighted by Crippen LogP contribution is -2.69. The Morgan fingerprint density at radius 1 is 0.380 bits per heavy atom. The van der Waals surface area contributed by atoms with Crippen LogP contribution in [-0.4, -0.2) is 204 Å². The van der Waals surface area contributed by atoms with E-state index in [0.29, 0.717) is 25.2 Å². The van der Waals surface area contributed by atoms with Gasteiger partial charge in [0.25, 0.3) is 0 Å². The number of aliphatic hydroxyl groups excluding tert-OH is 10. The number of hydrogen-bond acceptors (Lipinski definition) is 23. The Labute approximate surface area is 600 Å². The molecule has 19 unspecified atom stereocenters. The molecule has 0 spiro atoms. The molecule has 25 heteroatoms. The number of hydrogen-bond donors (Lipinski definition) is 11. The molecular formula is C75H141O24P.